The Morgan fingerprint density at radius 2 is 2.05 bits per heavy atom. The summed E-state index contributed by atoms with van der Waals surface area (Å²) in [5.41, 5.74) is 0.101. The van der Waals surface area contributed by atoms with Crippen molar-refractivity contribution in [1.82, 2.24) is 9.55 Å². The lowest BCUT2D eigenvalue weighted by molar-refractivity contribution is -0.138. The van der Waals surface area contributed by atoms with Crippen molar-refractivity contribution in [2.45, 2.75) is 19.5 Å². The standard InChI is InChI=1S/C14H16F3N3/c1-10-3-4-11(9-12(10)14(15,16)17)18-6-5-13-19-7-8-20(13)2/h3-4,7-9,18H,5-6H2,1-2H3. The molecular formula is C14H16F3N3. The van der Waals surface area contributed by atoms with E-state index in [1.165, 1.54) is 13.0 Å². The van der Waals surface area contributed by atoms with Gasteiger partial charge in [-0.2, -0.15) is 13.2 Å². The Balaban J connectivity index is 2.02. The van der Waals surface area contributed by atoms with Gasteiger partial charge in [0.05, 0.1) is 5.56 Å². The number of anilines is 1. The maximum atomic E-state index is 12.8. The molecule has 0 atom stereocenters. The highest BCUT2D eigenvalue weighted by molar-refractivity contribution is 5.49. The molecule has 0 aliphatic carbocycles. The fourth-order valence-corrected chi connectivity index (χ4v) is 1.99. The molecule has 2 aromatic rings. The van der Waals surface area contributed by atoms with Crippen LogP contribution in [0.3, 0.4) is 0 Å². The molecule has 20 heavy (non-hydrogen) atoms. The van der Waals surface area contributed by atoms with Gasteiger partial charge in [0, 0.05) is 38.1 Å². The fraction of sp³-hybridized carbons (Fsp3) is 0.357. The fourth-order valence-electron chi connectivity index (χ4n) is 1.99. The zero-order valence-corrected chi connectivity index (χ0v) is 11.3. The van der Waals surface area contributed by atoms with Crippen molar-refractivity contribution >= 4 is 5.69 Å². The quantitative estimate of drug-likeness (QED) is 0.932. The number of nitrogens with one attached hydrogen (secondary N) is 1. The normalized spacial score (nSPS) is 11.7. The summed E-state index contributed by atoms with van der Waals surface area (Å²) in [6.45, 7) is 1.99. The largest absolute Gasteiger partial charge is 0.416 e. The van der Waals surface area contributed by atoms with Gasteiger partial charge in [-0.25, -0.2) is 4.98 Å². The maximum Gasteiger partial charge on any atom is 0.416 e. The van der Waals surface area contributed by atoms with Crippen LogP contribution in [0.5, 0.6) is 0 Å². The molecule has 2 rings (SSSR count). The highest BCUT2D eigenvalue weighted by atomic mass is 19.4. The Hall–Kier alpha value is -1.98. The Morgan fingerprint density at radius 3 is 2.65 bits per heavy atom. The molecule has 0 saturated carbocycles. The van der Waals surface area contributed by atoms with Gasteiger partial charge in [-0.05, 0) is 24.6 Å². The zero-order chi connectivity index (χ0) is 14.8. The number of halogens is 3. The molecule has 1 N–H and O–H groups in total. The van der Waals surface area contributed by atoms with Crippen molar-refractivity contribution in [2.75, 3.05) is 11.9 Å². The molecule has 0 bridgehead atoms. The molecule has 3 nitrogen and oxygen atoms in total. The second-order valence-corrected chi connectivity index (χ2v) is 4.66. The molecule has 0 fully saturated rings. The summed E-state index contributed by atoms with van der Waals surface area (Å²) in [4.78, 5) is 4.16. The van der Waals surface area contributed by atoms with Crippen LogP contribution in [-0.2, 0) is 19.6 Å². The summed E-state index contributed by atoms with van der Waals surface area (Å²) < 4.78 is 40.2. The Bertz CT molecular complexity index is 588. The van der Waals surface area contributed by atoms with Gasteiger partial charge >= 0.3 is 6.18 Å². The van der Waals surface area contributed by atoms with E-state index in [1.54, 1.807) is 12.3 Å². The zero-order valence-electron chi connectivity index (χ0n) is 11.3. The third-order valence-corrected chi connectivity index (χ3v) is 3.14. The van der Waals surface area contributed by atoms with E-state index in [4.69, 9.17) is 0 Å². The van der Waals surface area contributed by atoms with E-state index in [9.17, 15) is 13.2 Å². The van der Waals surface area contributed by atoms with Crippen LogP contribution in [0.25, 0.3) is 0 Å². The SMILES string of the molecule is Cc1ccc(NCCc2nccn2C)cc1C(F)(F)F. The molecule has 1 aromatic carbocycles. The first-order valence-electron chi connectivity index (χ1n) is 6.26. The van der Waals surface area contributed by atoms with E-state index in [0.717, 1.165) is 11.9 Å². The van der Waals surface area contributed by atoms with Crippen LogP contribution < -0.4 is 5.32 Å². The third-order valence-electron chi connectivity index (χ3n) is 3.14. The second-order valence-electron chi connectivity index (χ2n) is 4.66. The molecule has 0 aliphatic rings. The molecule has 1 heterocycles. The minimum absolute atomic E-state index is 0.229. The highest BCUT2D eigenvalue weighted by Crippen LogP contribution is 2.33. The van der Waals surface area contributed by atoms with Crippen LogP contribution >= 0.6 is 0 Å². The third kappa shape index (κ3) is 3.31. The van der Waals surface area contributed by atoms with E-state index in [2.05, 4.69) is 10.3 Å². The first-order chi connectivity index (χ1) is 9.38. The number of aromatic nitrogens is 2. The van der Waals surface area contributed by atoms with E-state index in [1.807, 2.05) is 17.8 Å². The highest BCUT2D eigenvalue weighted by Gasteiger charge is 2.32. The van der Waals surface area contributed by atoms with Gasteiger partial charge in [0.15, 0.2) is 0 Å². The molecule has 0 amide bonds. The average molecular weight is 283 g/mol. The Kier molecular flexibility index (Phi) is 4.01. The summed E-state index contributed by atoms with van der Waals surface area (Å²) in [5, 5.41) is 3.00. The summed E-state index contributed by atoms with van der Waals surface area (Å²) in [5.74, 6) is 0.889. The number of alkyl halides is 3. The second kappa shape index (κ2) is 5.56. The lowest BCUT2D eigenvalue weighted by Gasteiger charge is -2.13. The van der Waals surface area contributed by atoms with E-state index < -0.39 is 11.7 Å². The summed E-state index contributed by atoms with van der Waals surface area (Å²) in [7, 11) is 1.88. The summed E-state index contributed by atoms with van der Waals surface area (Å²) >= 11 is 0. The van der Waals surface area contributed by atoms with Crippen LogP contribution in [0, 0.1) is 6.92 Å². The lowest BCUT2D eigenvalue weighted by Crippen LogP contribution is -2.11. The summed E-state index contributed by atoms with van der Waals surface area (Å²) in [6, 6.07) is 4.28. The predicted octanol–water partition coefficient (Wildman–Crippen LogP) is 3.40. The maximum absolute atomic E-state index is 12.8. The van der Waals surface area contributed by atoms with E-state index >= 15 is 0 Å². The number of benzene rings is 1. The average Bonchev–Trinajstić information content (AvgIpc) is 2.76. The van der Waals surface area contributed by atoms with Crippen molar-refractivity contribution in [2.24, 2.45) is 7.05 Å². The molecule has 6 heteroatoms. The van der Waals surface area contributed by atoms with Gasteiger partial charge < -0.3 is 9.88 Å². The van der Waals surface area contributed by atoms with Gasteiger partial charge in [0.1, 0.15) is 5.82 Å². The predicted molar refractivity (Wildman–Crippen MR) is 71.6 cm³/mol. The molecule has 0 radical (unpaired) electrons. The lowest BCUT2D eigenvalue weighted by atomic mass is 10.1. The topological polar surface area (TPSA) is 29.9 Å². The van der Waals surface area contributed by atoms with Crippen molar-refractivity contribution in [3.8, 4) is 0 Å². The van der Waals surface area contributed by atoms with Crippen LogP contribution in [0.1, 0.15) is 17.0 Å². The van der Waals surface area contributed by atoms with Gasteiger partial charge in [-0.3, -0.25) is 0 Å². The molecule has 0 unspecified atom stereocenters. The molecule has 0 spiro atoms. The minimum atomic E-state index is -4.32. The van der Waals surface area contributed by atoms with Crippen molar-refractivity contribution < 1.29 is 13.2 Å². The first kappa shape index (κ1) is 14.4. The van der Waals surface area contributed by atoms with E-state index in [0.29, 0.717) is 18.7 Å². The molecular weight excluding hydrogens is 267 g/mol. The summed E-state index contributed by atoms with van der Waals surface area (Å²) in [6.07, 6.45) is -0.133. The van der Waals surface area contributed by atoms with Gasteiger partial charge in [0.25, 0.3) is 0 Å². The Morgan fingerprint density at radius 1 is 1.30 bits per heavy atom. The van der Waals surface area contributed by atoms with Crippen molar-refractivity contribution in [3.05, 3.63) is 47.5 Å². The van der Waals surface area contributed by atoms with Crippen LogP contribution in [0.2, 0.25) is 0 Å². The van der Waals surface area contributed by atoms with Gasteiger partial charge in [-0.15, -0.1) is 0 Å². The van der Waals surface area contributed by atoms with Crippen molar-refractivity contribution in [3.63, 3.8) is 0 Å². The van der Waals surface area contributed by atoms with Crippen LogP contribution in [0.4, 0.5) is 18.9 Å². The van der Waals surface area contributed by atoms with Crippen molar-refractivity contribution in [1.29, 1.82) is 0 Å². The molecule has 108 valence electrons. The number of imidazole rings is 1. The van der Waals surface area contributed by atoms with Crippen LogP contribution in [-0.4, -0.2) is 16.1 Å². The van der Waals surface area contributed by atoms with Gasteiger partial charge in [-0.1, -0.05) is 6.07 Å². The van der Waals surface area contributed by atoms with Crippen LogP contribution in [0.15, 0.2) is 30.6 Å². The number of hydrogen-bond acceptors (Lipinski definition) is 2. The minimum Gasteiger partial charge on any atom is -0.385 e. The smallest absolute Gasteiger partial charge is 0.385 e. The number of aryl methyl sites for hydroxylation is 2. The first-order valence-corrected chi connectivity index (χ1v) is 6.26. The number of rotatable bonds is 4. The Labute approximate surface area is 115 Å². The number of nitrogens with zero attached hydrogens (tertiary/aromatic N) is 2. The monoisotopic (exact) mass is 283 g/mol. The molecule has 0 saturated heterocycles. The molecule has 1 aromatic heterocycles. The number of hydrogen-bond donors (Lipinski definition) is 1. The van der Waals surface area contributed by atoms with E-state index in [-0.39, 0.29) is 5.56 Å². The molecule has 0 aliphatic heterocycles. The van der Waals surface area contributed by atoms with Gasteiger partial charge in [0.2, 0.25) is 0 Å².